The number of rotatable bonds is 7. The molecule has 0 fully saturated rings. The van der Waals surface area contributed by atoms with Crippen LogP contribution in [0.3, 0.4) is 0 Å². The molecule has 1 aromatic carbocycles. The number of amides is 1. The normalized spacial score (nSPS) is 12.3. The summed E-state index contributed by atoms with van der Waals surface area (Å²) in [6.07, 6.45) is 1.19. The highest BCUT2D eigenvalue weighted by Gasteiger charge is 2.27. The zero-order valence-corrected chi connectivity index (χ0v) is 12.9. The van der Waals surface area contributed by atoms with E-state index in [-0.39, 0.29) is 22.9 Å². The molecule has 1 N–H and O–H groups in total. The number of carbonyl (C=O) groups excluding carboxylic acids is 1. The molecule has 0 bridgehead atoms. The van der Waals surface area contributed by atoms with Gasteiger partial charge < -0.3 is 10.1 Å². The smallest absolute Gasteiger partial charge is 0.312 e. The third-order valence-corrected chi connectivity index (χ3v) is 4.89. The van der Waals surface area contributed by atoms with Crippen LogP contribution in [-0.4, -0.2) is 37.4 Å². The highest BCUT2D eigenvalue weighted by molar-refractivity contribution is 7.92. The van der Waals surface area contributed by atoms with Gasteiger partial charge in [0.1, 0.15) is 5.25 Å². The van der Waals surface area contributed by atoms with Crippen LogP contribution in [0.25, 0.3) is 0 Å². The highest BCUT2D eigenvalue weighted by atomic mass is 32.2. The molecule has 0 heterocycles. The van der Waals surface area contributed by atoms with Crippen molar-refractivity contribution >= 4 is 27.1 Å². The van der Waals surface area contributed by atoms with Crippen LogP contribution in [0.1, 0.15) is 6.92 Å². The van der Waals surface area contributed by atoms with Crippen LogP contribution in [0.2, 0.25) is 0 Å². The lowest BCUT2D eigenvalue weighted by Crippen LogP contribution is -2.33. The predicted molar refractivity (Wildman–Crippen MR) is 81.7 cm³/mol. The van der Waals surface area contributed by atoms with Gasteiger partial charge in [-0.3, -0.25) is 14.9 Å². The van der Waals surface area contributed by atoms with Gasteiger partial charge in [0.2, 0.25) is 5.91 Å². The molecule has 1 amide bonds. The fraction of sp³-hybridized carbons (Fsp3) is 0.308. The van der Waals surface area contributed by atoms with E-state index < -0.39 is 25.9 Å². The molecule has 120 valence electrons. The fourth-order valence-electron chi connectivity index (χ4n) is 1.63. The minimum absolute atomic E-state index is 0.0373. The van der Waals surface area contributed by atoms with Crippen molar-refractivity contribution in [3.8, 4) is 5.75 Å². The molecular formula is C13H16N2O6S. The Bertz CT molecular complexity index is 698. The lowest BCUT2D eigenvalue weighted by Gasteiger charge is -2.12. The van der Waals surface area contributed by atoms with E-state index in [0.29, 0.717) is 0 Å². The summed E-state index contributed by atoms with van der Waals surface area (Å²) in [6, 6.07) is 3.80. The molecular weight excluding hydrogens is 312 g/mol. The quantitative estimate of drug-likeness (QED) is 0.461. The Labute approximate surface area is 127 Å². The Morgan fingerprint density at radius 1 is 1.55 bits per heavy atom. The molecule has 1 unspecified atom stereocenters. The first-order valence-electron chi connectivity index (χ1n) is 6.18. The maximum atomic E-state index is 11.9. The number of methoxy groups -OCH3 is 1. The third kappa shape index (κ3) is 4.04. The van der Waals surface area contributed by atoms with Crippen molar-refractivity contribution < 1.29 is 22.9 Å². The molecule has 0 saturated heterocycles. The molecule has 0 radical (unpaired) electrons. The standard InChI is InChI=1S/C13H16N2O6S/c1-4-7-22(19,20)9(2)13(16)14-10-5-6-12(21-3)11(8-10)15(17)18/h4-6,8-9H,1,7H2,2-3H3,(H,14,16). The number of anilines is 1. The van der Waals surface area contributed by atoms with E-state index in [1.165, 1.54) is 32.2 Å². The van der Waals surface area contributed by atoms with Crippen LogP contribution in [0.4, 0.5) is 11.4 Å². The van der Waals surface area contributed by atoms with Crippen molar-refractivity contribution in [3.63, 3.8) is 0 Å². The van der Waals surface area contributed by atoms with Gasteiger partial charge in [0.15, 0.2) is 15.6 Å². The lowest BCUT2D eigenvalue weighted by atomic mass is 10.2. The van der Waals surface area contributed by atoms with Gasteiger partial charge in [0, 0.05) is 11.8 Å². The first-order chi connectivity index (χ1) is 10.2. The van der Waals surface area contributed by atoms with Gasteiger partial charge in [0.05, 0.1) is 17.8 Å². The zero-order valence-electron chi connectivity index (χ0n) is 12.1. The van der Waals surface area contributed by atoms with Gasteiger partial charge >= 0.3 is 5.69 Å². The molecule has 0 aliphatic heterocycles. The molecule has 0 saturated carbocycles. The Morgan fingerprint density at radius 3 is 2.68 bits per heavy atom. The summed E-state index contributed by atoms with van der Waals surface area (Å²) in [5.74, 6) is -1.07. The average Bonchev–Trinajstić information content (AvgIpc) is 2.46. The number of nitro benzene ring substituents is 1. The first kappa shape index (κ1) is 17.6. The van der Waals surface area contributed by atoms with E-state index in [1.807, 2.05) is 0 Å². The van der Waals surface area contributed by atoms with Crippen LogP contribution >= 0.6 is 0 Å². The molecule has 1 rings (SSSR count). The van der Waals surface area contributed by atoms with Gasteiger partial charge in [-0.2, -0.15) is 0 Å². The van der Waals surface area contributed by atoms with Crippen molar-refractivity contribution in [1.29, 1.82) is 0 Å². The van der Waals surface area contributed by atoms with Crippen LogP contribution in [0.5, 0.6) is 5.75 Å². The Hall–Kier alpha value is -2.42. The maximum absolute atomic E-state index is 11.9. The number of hydrogen-bond donors (Lipinski definition) is 1. The lowest BCUT2D eigenvalue weighted by molar-refractivity contribution is -0.385. The molecule has 1 atom stereocenters. The Morgan fingerprint density at radius 2 is 2.18 bits per heavy atom. The van der Waals surface area contributed by atoms with Gasteiger partial charge in [-0.05, 0) is 19.1 Å². The van der Waals surface area contributed by atoms with Crippen molar-refractivity contribution in [2.24, 2.45) is 0 Å². The van der Waals surface area contributed by atoms with Crippen LogP contribution in [-0.2, 0) is 14.6 Å². The largest absolute Gasteiger partial charge is 0.490 e. The summed E-state index contributed by atoms with van der Waals surface area (Å²) in [4.78, 5) is 22.2. The first-order valence-corrected chi connectivity index (χ1v) is 7.90. The monoisotopic (exact) mass is 328 g/mol. The minimum atomic E-state index is -3.66. The van der Waals surface area contributed by atoms with Crippen LogP contribution in [0.15, 0.2) is 30.9 Å². The van der Waals surface area contributed by atoms with Gasteiger partial charge in [0.25, 0.3) is 0 Å². The maximum Gasteiger partial charge on any atom is 0.312 e. The van der Waals surface area contributed by atoms with E-state index in [9.17, 15) is 23.3 Å². The number of carbonyl (C=O) groups is 1. The molecule has 8 nitrogen and oxygen atoms in total. The molecule has 9 heteroatoms. The molecule has 0 spiro atoms. The molecule has 1 aromatic rings. The minimum Gasteiger partial charge on any atom is -0.490 e. The molecule has 0 aromatic heterocycles. The number of nitrogens with zero attached hydrogens (tertiary/aromatic N) is 1. The van der Waals surface area contributed by atoms with Gasteiger partial charge in [-0.1, -0.05) is 6.08 Å². The third-order valence-electron chi connectivity index (χ3n) is 2.90. The average molecular weight is 328 g/mol. The highest BCUT2D eigenvalue weighted by Crippen LogP contribution is 2.29. The van der Waals surface area contributed by atoms with Crippen molar-refractivity contribution in [3.05, 3.63) is 41.0 Å². The molecule has 0 aliphatic carbocycles. The number of sulfone groups is 1. The number of benzene rings is 1. The summed E-state index contributed by atoms with van der Waals surface area (Å²) in [5, 5.41) is 11.9. The summed E-state index contributed by atoms with van der Waals surface area (Å²) in [7, 11) is -2.38. The predicted octanol–water partition coefficient (Wildman–Crippen LogP) is 1.53. The van der Waals surface area contributed by atoms with E-state index >= 15 is 0 Å². The van der Waals surface area contributed by atoms with Crippen LogP contribution < -0.4 is 10.1 Å². The number of hydrogen-bond acceptors (Lipinski definition) is 6. The van der Waals surface area contributed by atoms with E-state index in [2.05, 4.69) is 11.9 Å². The number of nitro groups is 1. The summed E-state index contributed by atoms with van der Waals surface area (Å²) >= 11 is 0. The number of ether oxygens (including phenoxy) is 1. The second kappa shape index (κ2) is 7.03. The van der Waals surface area contributed by atoms with Crippen molar-refractivity contribution in [2.75, 3.05) is 18.2 Å². The molecule has 0 aliphatic rings. The summed E-state index contributed by atoms with van der Waals surface area (Å²) < 4.78 is 28.4. The number of nitrogens with one attached hydrogen (secondary N) is 1. The van der Waals surface area contributed by atoms with E-state index in [1.54, 1.807) is 0 Å². The summed E-state index contributed by atoms with van der Waals surface area (Å²) in [5.41, 5.74) is -0.222. The summed E-state index contributed by atoms with van der Waals surface area (Å²) in [6.45, 7) is 4.56. The van der Waals surface area contributed by atoms with Gasteiger partial charge in [-0.15, -0.1) is 6.58 Å². The van der Waals surface area contributed by atoms with E-state index in [0.717, 1.165) is 6.07 Å². The van der Waals surface area contributed by atoms with Crippen LogP contribution in [0, 0.1) is 10.1 Å². The zero-order chi connectivity index (χ0) is 16.9. The van der Waals surface area contributed by atoms with Gasteiger partial charge in [-0.25, -0.2) is 8.42 Å². The Balaban J connectivity index is 3.00. The fourth-order valence-corrected chi connectivity index (χ4v) is 2.63. The molecule has 22 heavy (non-hydrogen) atoms. The SMILES string of the molecule is C=CCS(=O)(=O)C(C)C(=O)Nc1ccc(OC)c([N+](=O)[O-])c1. The van der Waals surface area contributed by atoms with E-state index in [4.69, 9.17) is 4.74 Å². The Kier molecular flexibility index (Phi) is 5.63. The second-order valence-electron chi connectivity index (χ2n) is 4.39. The van der Waals surface area contributed by atoms with Crippen molar-refractivity contribution in [2.45, 2.75) is 12.2 Å². The topological polar surface area (TPSA) is 116 Å². The van der Waals surface area contributed by atoms with Crippen molar-refractivity contribution in [1.82, 2.24) is 0 Å². The second-order valence-corrected chi connectivity index (χ2v) is 6.76.